The first-order chi connectivity index (χ1) is 6.72. The molecule has 1 unspecified atom stereocenters. The van der Waals surface area contributed by atoms with Crippen LogP contribution in [0.2, 0.25) is 0 Å². The molecule has 1 aliphatic heterocycles. The third kappa shape index (κ3) is 1.47. The second-order valence-corrected chi connectivity index (χ2v) is 4.02. The quantitative estimate of drug-likeness (QED) is 0.719. The molecule has 2 heterocycles. The summed E-state index contributed by atoms with van der Waals surface area (Å²) < 4.78 is 2.07. The molecule has 14 heavy (non-hydrogen) atoms. The van der Waals surface area contributed by atoms with Gasteiger partial charge < -0.3 is 0 Å². The number of aromatic nitrogens is 3. The summed E-state index contributed by atoms with van der Waals surface area (Å²) in [5.74, 6) is 2.05. The minimum Gasteiger partial charge on any atom is -0.243 e. The van der Waals surface area contributed by atoms with Crippen molar-refractivity contribution in [2.75, 3.05) is 0 Å². The van der Waals surface area contributed by atoms with Crippen LogP contribution in [0, 0.1) is 0 Å². The van der Waals surface area contributed by atoms with Gasteiger partial charge in [-0.25, -0.2) is 9.67 Å². The number of fused-ring (bicyclic) bond motifs is 1. The molecule has 3 heteroatoms. The van der Waals surface area contributed by atoms with E-state index in [1.54, 1.807) is 0 Å². The number of hydrogen-bond donors (Lipinski definition) is 0. The fourth-order valence-electron chi connectivity index (χ4n) is 1.81. The smallest absolute Gasteiger partial charge is 0.153 e. The SMILES string of the molecule is CCCc1nc2n(n1)C(C)CC=C2C. The van der Waals surface area contributed by atoms with Crippen molar-refractivity contribution in [3.63, 3.8) is 0 Å². The zero-order valence-electron chi connectivity index (χ0n) is 9.12. The lowest BCUT2D eigenvalue weighted by molar-refractivity contribution is 0.477. The van der Waals surface area contributed by atoms with Gasteiger partial charge in [0.2, 0.25) is 0 Å². The van der Waals surface area contributed by atoms with Crippen LogP contribution in [0.15, 0.2) is 6.08 Å². The van der Waals surface area contributed by atoms with Crippen molar-refractivity contribution in [2.45, 2.75) is 46.1 Å². The van der Waals surface area contributed by atoms with E-state index in [9.17, 15) is 0 Å². The van der Waals surface area contributed by atoms with E-state index in [0.717, 1.165) is 30.9 Å². The highest BCUT2D eigenvalue weighted by atomic mass is 15.4. The maximum absolute atomic E-state index is 4.56. The Labute approximate surface area is 84.8 Å². The van der Waals surface area contributed by atoms with Gasteiger partial charge in [-0.1, -0.05) is 13.0 Å². The van der Waals surface area contributed by atoms with E-state index in [2.05, 4.69) is 41.6 Å². The third-order valence-electron chi connectivity index (χ3n) is 2.68. The lowest BCUT2D eigenvalue weighted by Crippen LogP contribution is -2.13. The summed E-state index contributed by atoms with van der Waals surface area (Å²) in [4.78, 5) is 4.56. The first kappa shape index (κ1) is 9.44. The molecule has 1 aromatic rings. The summed E-state index contributed by atoms with van der Waals surface area (Å²) in [7, 11) is 0. The molecule has 1 aliphatic rings. The predicted molar refractivity (Wildman–Crippen MR) is 57.0 cm³/mol. The number of rotatable bonds is 2. The number of hydrogen-bond acceptors (Lipinski definition) is 2. The van der Waals surface area contributed by atoms with Gasteiger partial charge in [0.1, 0.15) is 0 Å². The molecule has 2 rings (SSSR count). The summed E-state index contributed by atoms with van der Waals surface area (Å²) in [6.07, 6.45) is 5.43. The third-order valence-corrected chi connectivity index (χ3v) is 2.68. The van der Waals surface area contributed by atoms with Gasteiger partial charge in [-0.05, 0) is 32.3 Å². The molecule has 0 spiro atoms. The second kappa shape index (κ2) is 3.56. The average molecular weight is 191 g/mol. The van der Waals surface area contributed by atoms with Crippen molar-refractivity contribution in [1.82, 2.24) is 14.8 Å². The van der Waals surface area contributed by atoms with Gasteiger partial charge in [0.15, 0.2) is 11.6 Å². The van der Waals surface area contributed by atoms with Gasteiger partial charge in [-0.2, -0.15) is 5.10 Å². The Morgan fingerprint density at radius 2 is 2.36 bits per heavy atom. The van der Waals surface area contributed by atoms with Crippen molar-refractivity contribution >= 4 is 5.57 Å². The van der Waals surface area contributed by atoms with Crippen LogP contribution >= 0.6 is 0 Å². The molecule has 1 aromatic heterocycles. The highest BCUT2D eigenvalue weighted by Gasteiger charge is 2.19. The maximum Gasteiger partial charge on any atom is 0.153 e. The zero-order chi connectivity index (χ0) is 10.1. The van der Waals surface area contributed by atoms with Gasteiger partial charge in [-0.15, -0.1) is 0 Å². The summed E-state index contributed by atoms with van der Waals surface area (Å²) in [6, 6.07) is 0.465. The van der Waals surface area contributed by atoms with E-state index in [-0.39, 0.29) is 0 Å². The van der Waals surface area contributed by atoms with Gasteiger partial charge in [0.25, 0.3) is 0 Å². The van der Waals surface area contributed by atoms with E-state index in [1.807, 2.05) is 0 Å². The molecule has 0 fully saturated rings. The molecular weight excluding hydrogens is 174 g/mol. The zero-order valence-corrected chi connectivity index (χ0v) is 9.12. The number of aryl methyl sites for hydroxylation is 1. The molecule has 3 nitrogen and oxygen atoms in total. The van der Waals surface area contributed by atoms with Gasteiger partial charge in [0, 0.05) is 6.42 Å². The van der Waals surface area contributed by atoms with Gasteiger partial charge in [0.05, 0.1) is 6.04 Å². The van der Waals surface area contributed by atoms with E-state index in [4.69, 9.17) is 0 Å². The average Bonchev–Trinajstić information content (AvgIpc) is 2.57. The van der Waals surface area contributed by atoms with E-state index >= 15 is 0 Å². The first-order valence-corrected chi connectivity index (χ1v) is 5.35. The van der Waals surface area contributed by atoms with Crippen molar-refractivity contribution in [1.29, 1.82) is 0 Å². The van der Waals surface area contributed by atoms with Crippen molar-refractivity contribution in [3.05, 3.63) is 17.7 Å². The van der Waals surface area contributed by atoms with E-state index < -0.39 is 0 Å². The Balaban J connectivity index is 2.38. The van der Waals surface area contributed by atoms with E-state index in [1.165, 1.54) is 5.57 Å². The van der Waals surface area contributed by atoms with Crippen LogP contribution in [0.4, 0.5) is 0 Å². The Hall–Kier alpha value is -1.12. The standard InChI is InChI=1S/C11H17N3/c1-4-5-10-12-11-8(2)6-7-9(3)14(11)13-10/h6,9H,4-5,7H2,1-3H3. The highest BCUT2D eigenvalue weighted by Crippen LogP contribution is 2.25. The Bertz CT molecular complexity index is 363. The highest BCUT2D eigenvalue weighted by molar-refractivity contribution is 5.58. The predicted octanol–water partition coefficient (Wildman–Crippen LogP) is 2.60. The topological polar surface area (TPSA) is 30.7 Å². The normalized spacial score (nSPS) is 20.5. The summed E-state index contributed by atoms with van der Waals surface area (Å²) in [5.41, 5.74) is 1.26. The summed E-state index contributed by atoms with van der Waals surface area (Å²) in [6.45, 7) is 6.46. The van der Waals surface area contributed by atoms with Crippen LogP contribution in [0.5, 0.6) is 0 Å². The molecule has 1 atom stereocenters. The lowest BCUT2D eigenvalue weighted by atomic mass is 10.1. The Morgan fingerprint density at radius 3 is 3.00 bits per heavy atom. The minimum atomic E-state index is 0.465. The van der Waals surface area contributed by atoms with Crippen molar-refractivity contribution in [2.24, 2.45) is 0 Å². The molecule has 0 bridgehead atoms. The fourth-order valence-corrected chi connectivity index (χ4v) is 1.81. The summed E-state index contributed by atoms with van der Waals surface area (Å²) in [5, 5.41) is 4.54. The van der Waals surface area contributed by atoms with Crippen molar-refractivity contribution in [3.8, 4) is 0 Å². The van der Waals surface area contributed by atoms with Gasteiger partial charge in [-0.3, -0.25) is 0 Å². The second-order valence-electron chi connectivity index (χ2n) is 4.02. The molecular formula is C11H17N3. The van der Waals surface area contributed by atoms with Gasteiger partial charge >= 0.3 is 0 Å². The van der Waals surface area contributed by atoms with Crippen LogP contribution in [-0.4, -0.2) is 14.8 Å². The number of allylic oxidation sites excluding steroid dienone is 2. The molecule has 0 amide bonds. The van der Waals surface area contributed by atoms with Crippen molar-refractivity contribution < 1.29 is 0 Å². The molecule has 76 valence electrons. The van der Waals surface area contributed by atoms with E-state index in [0.29, 0.717) is 6.04 Å². The molecule has 0 aliphatic carbocycles. The lowest BCUT2D eigenvalue weighted by Gasteiger charge is -2.17. The molecule has 0 radical (unpaired) electrons. The van der Waals surface area contributed by atoms with Crippen LogP contribution in [0.1, 0.15) is 51.3 Å². The molecule has 0 saturated carbocycles. The fraction of sp³-hybridized carbons (Fsp3) is 0.636. The summed E-state index contributed by atoms with van der Waals surface area (Å²) >= 11 is 0. The van der Waals surface area contributed by atoms with Crippen LogP contribution in [0.3, 0.4) is 0 Å². The van der Waals surface area contributed by atoms with Crippen LogP contribution < -0.4 is 0 Å². The number of nitrogens with zero attached hydrogens (tertiary/aromatic N) is 3. The Kier molecular flexibility index (Phi) is 2.40. The van der Waals surface area contributed by atoms with Crippen LogP contribution in [-0.2, 0) is 6.42 Å². The molecule has 0 aromatic carbocycles. The van der Waals surface area contributed by atoms with Crippen LogP contribution in [0.25, 0.3) is 5.57 Å². The first-order valence-electron chi connectivity index (χ1n) is 5.35. The molecule has 0 saturated heterocycles. The monoisotopic (exact) mass is 191 g/mol. The minimum absolute atomic E-state index is 0.465. The maximum atomic E-state index is 4.56. The largest absolute Gasteiger partial charge is 0.243 e. The molecule has 0 N–H and O–H groups in total. The Morgan fingerprint density at radius 1 is 1.57 bits per heavy atom.